The summed E-state index contributed by atoms with van der Waals surface area (Å²) in [5.74, 6) is 1.14. The lowest BCUT2D eigenvalue weighted by Crippen LogP contribution is -2.28. The fourth-order valence-corrected chi connectivity index (χ4v) is 3.32. The minimum absolute atomic E-state index is 0.0770. The number of hydrogen-bond acceptors (Lipinski definition) is 3. The van der Waals surface area contributed by atoms with Crippen molar-refractivity contribution in [3.63, 3.8) is 0 Å². The Hall–Kier alpha value is -1.69. The minimum atomic E-state index is -0.0770. The van der Waals surface area contributed by atoms with Gasteiger partial charge in [0.15, 0.2) is 0 Å². The molecular weight excluding hydrogens is 427 g/mol. The third kappa shape index (κ3) is 6.98. The predicted octanol–water partition coefficient (Wildman–Crippen LogP) is 5.20. The average molecular weight is 450 g/mol. The molecule has 4 heteroatoms. The van der Waals surface area contributed by atoms with E-state index in [9.17, 15) is 9.59 Å². The molecule has 0 saturated heterocycles. The van der Waals surface area contributed by atoms with Gasteiger partial charge in [0, 0.05) is 12.8 Å². The highest BCUT2D eigenvalue weighted by atomic mass is 127. The van der Waals surface area contributed by atoms with Crippen molar-refractivity contribution in [2.45, 2.75) is 39.7 Å². The van der Waals surface area contributed by atoms with E-state index in [-0.39, 0.29) is 23.4 Å². The van der Waals surface area contributed by atoms with Crippen LogP contribution in [0.25, 0.3) is 0 Å². The number of halogens is 1. The molecule has 0 amide bonds. The SMILES string of the molecule is CC1(C)CC(=O)CC(=O)C1.Ic1ccccc1OCc1ccccc1. The highest BCUT2D eigenvalue weighted by molar-refractivity contribution is 14.1. The number of Topliss-reactive ketones (excluding diaryl/α,β-unsaturated/α-hetero) is 2. The Morgan fingerprint density at radius 2 is 1.48 bits per heavy atom. The van der Waals surface area contributed by atoms with Gasteiger partial charge in [0.2, 0.25) is 0 Å². The molecule has 132 valence electrons. The quantitative estimate of drug-likeness (QED) is 0.477. The summed E-state index contributed by atoms with van der Waals surface area (Å²) < 4.78 is 6.86. The highest BCUT2D eigenvalue weighted by Gasteiger charge is 2.31. The maximum atomic E-state index is 10.9. The van der Waals surface area contributed by atoms with E-state index in [4.69, 9.17) is 4.74 Å². The van der Waals surface area contributed by atoms with Crippen molar-refractivity contribution in [2.75, 3.05) is 0 Å². The fourth-order valence-electron chi connectivity index (χ4n) is 2.77. The summed E-state index contributed by atoms with van der Waals surface area (Å²) >= 11 is 2.28. The fraction of sp³-hybridized carbons (Fsp3) is 0.333. The van der Waals surface area contributed by atoms with Crippen LogP contribution in [0.15, 0.2) is 54.6 Å². The van der Waals surface area contributed by atoms with Crippen molar-refractivity contribution in [1.82, 2.24) is 0 Å². The van der Waals surface area contributed by atoms with Crippen LogP contribution < -0.4 is 4.74 Å². The van der Waals surface area contributed by atoms with E-state index in [2.05, 4.69) is 34.7 Å². The third-order valence-electron chi connectivity index (χ3n) is 3.82. The Labute approximate surface area is 162 Å². The van der Waals surface area contributed by atoms with Crippen LogP contribution in [0.2, 0.25) is 0 Å². The maximum absolute atomic E-state index is 10.9. The van der Waals surface area contributed by atoms with Gasteiger partial charge in [-0.15, -0.1) is 0 Å². The number of benzene rings is 2. The van der Waals surface area contributed by atoms with Gasteiger partial charge in [0.25, 0.3) is 0 Å². The molecule has 25 heavy (non-hydrogen) atoms. The van der Waals surface area contributed by atoms with Gasteiger partial charge in [-0.1, -0.05) is 56.3 Å². The largest absolute Gasteiger partial charge is 0.488 e. The number of ether oxygens (including phenoxy) is 1. The van der Waals surface area contributed by atoms with Crippen LogP contribution in [0.1, 0.15) is 38.7 Å². The number of carbonyl (C=O) groups is 2. The molecule has 0 spiro atoms. The van der Waals surface area contributed by atoms with Gasteiger partial charge in [-0.3, -0.25) is 9.59 Å². The molecule has 0 unspecified atom stereocenters. The van der Waals surface area contributed by atoms with E-state index in [1.807, 2.05) is 56.3 Å². The van der Waals surface area contributed by atoms with Crippen LogP contribution in [0, 0.1) is 8.99 Å². The smallest absolute Gasteiger partial charge is 0.140 e. The first-order valence-corrected chi connectivity index (χ1v) is 9.38. The zero-order valence-electron chi connectivity index (χ0n) is 14.6. The first-order valence-electron chi connectivity index (χ1n) is 8.30. The molecule has 0 bridgehead atoms. The van der Waals surface area contributed by atoms with Crippen molar-refractivity contribution in [1.29, 1.82) is 0 Å². The Bertz CT molecular complexity index is 705. The number of ketones is 2. The van der Waals surface area contributed by atoms with E-state index >= 15 is 0 Å². The van der Waals surface area contributed by atoms with Gasteiger partial charge in [0.1, 0.15) is 23.9 Å². The van der Waals surface area contributed by atoms with E-state index in [0.29, 0.717) is 19.4 Å². The molecule has 3 rings (SSSR count). The second-order valence-corrected chi connectivity index (χ2v) is 8.14. The van der Waals surface area contributed by atoms with Crippen molar-refractivity contribution < 1.29 is 14.3 Å². The second kappa shape index (κ2) is 9.13. The molecule has 0 radical (unpaired) electrons. The zero-order valence-corrected chi connectivity index (χ0v) is 16.8. The standard InChI is InChI=1S/C13H11IO.C8H12O2/c14-12-8-4-5-9-13(12)15-10-11-6-2-1-3-7-11;1-8(2)4-6(9)3-7(10)5-8/h1-9H,10H2;3-5H2,1-2H3. The monoisotopic (exact) mass is 450 g/mol. The van der Waals surface area contributed by atoms with E-state index in [0.717, 1.165) is 9.32 Å². The van der Waals surface area contributed by atoms with Crippen LogP contribution in [-0.4, -0.2) is 11.6 Å². The molecule has 1 fully saturated rings. The Balaban J connectivity index is 0.000000196. The zero-order chi connectivity index (χ0) is 18.3. The lowest BCUT2D eigenvalue weighted by Gasteiger charge is -2.26. The normalized spacial score (nSPS) is 16.0. The van der Waals surface area contributed by atoms with Crippen LogP contribution >= 0.6 is 22.6 Å². The summed E-state index contributed by atoms with van der Waals surface area (Å²) in [6, 6.07) is 18.2. The number of para-hydroxylation sites is 1. The molecule has 0 aliphatic heterocycles. The minimum Gasteiger partial charge on any atom is -0.488 e. The first kappa shape index (κ1) is 19.6. The predicted molar refractivity (Wildman–Crippen MR) is 108 cm³/mol. The van der Waals surface area contributed by atoms with Crippen molar-refractivity contribution >= 4 is 34.2 Å². The van der Waals surface area contributed by atoms with Crippen molar-refractivity contribution in [3.8, 4) is 5.75 Å². The number of carbonyl (C=O) groups excluding carboxylic acids is 2. The van der Waals surface area contributed by atoms with Crippen molar-refractivity contribution in [3.05, 3.63) is 63.7 Å². The summed E-state index contributed by atoms with van der Waals surface area (Å²) in [5, 5.41) is 0. The molecule has 3 nitrogen and oxygen atoms in total. The molecular formula is C21H23IO3. The van der Waals surface area contributed by atoms with Crippen LogP contribution in [0.3, 0.4) is 0 Å². The Morgan fingerprint density at radius 1 is 0.920 bits per heavy atom. The van der Waals surface area contributed by atoms with Crippen molar-refractivity contribution in [2.24, 2.45) is 5.41 Å². The summed E-state index contributed by atoms with van der Waals surface area (Å²) in [5.41, 5.74) is 1.11. The first-order chi connectivity index (χ1) is 11.9. The van der Waals surface area contributed by atoms with Gasteiger partial charge in [-0.05, 0) is 45.7 Å². The molecule has 1 aliphatic rings. The number of rotatable bonds is 3. The summed E-state index contributed by atoms with van der Waals surface area (Å²) in [7, 11) is 0. The summed E-state index contributed by atoms with van der Waals surface area (Å²) in [6.45, 7) is 4.55. The van der Waals surface area contributed by atoms with Crippen LogP contribution in [-0.2, 0) is 16.2 Å². The van der Waals surface area contributed by atoms with Gasteiger partial charge in [-0.2, -0.15) is 0 Å². The summed E-state index contributed by atoms with van der Waals surface area (Å²) in [6.07, 6.45) is 1.31. The molecule has 2 aromatic carbocycles. The highest BCUT2D eigenvalue weighted by Crippen LogP contribution is 2.30. The second-order valence-electron chi connectivity index (χ2n) is 6.98. The van der Waals surface area contributed by atoms with E-state index in [1.165, 1.54) is 5.56 Å². The molecule has 2 aromatic rings. The molecule has 0 N–H and O–H groups in total. The van der Waals surface area contributed by atoms with Crippen LogP contribution in [0.4, 0.5) is 0 Å². The lowest BCUT2D eigenvalue weighted by atomic mass is 9.76. The van der Waals surface area contributed by atoms with E-state index < -0.39 is 0 Å². The molecule has 0 heterocycles. The van der Waals surface area contributed by atoms with Crippen LogP contribution in [0.5, 0.6) is 5.75 Å². The molecule has 0 atom stereocenters. The topological polar surface area (TPSA) is 43.4 Å². The van der Waals surface area contributed by atoms with E-state index in [1.54, 1.807) is 0 Å². The molecule has 1 saturated carbocycles. The lowest BCUT2D eigenvalue weighted by molar-refractivity contribution is -0.133. The number of hydrogen-bond donors (Lipinski definition) is 0. The Kier molecular flexibility index (Phi) is 7.17. The van der Waals surface area contributed by atoms with Gasteiger partial charge in [0.05, 0.1) is 9.99 Å². The Morgan fingerprint density at radius 3 is 2.04 bits per heavy atom. The average Bonchev–Trinajstić information content (AvgIpc) is 2.53. The van der Waals surface area contributed by atoms with Gasteiger partial charge in [-0.25, -0.2) is 0 Å². The maximum Gasteiger partial charge on any atom is 0.140 e. The van der Waals surface area contributed by atoms with Gasteiger partial charge < -0.3 is 4.74 Å². The van der Waals surface area contributed by atoms with Gasteiger partial charge >= 0.3 is 0 Å². The summed E-state index contributed by atoms with van der Waals surface area (Å²) in [4.78, 5) is 21.7. The molecule has 0 aromatic heterocycles. The third-order valence-corrected chi connectivity index (χ3v) is 4.71. The molecule has 1 aliphatic carbocycles.